The second kappa shape index (κ2) is 8.56. The third-order valence-corrected chi connectivity index (χ3v) is 7.34. The molecule has 8 nitrogen and oxygen atoms in total. The van der Waals surface area contributed by atoms with Gasteiger partial charge in [0.1, 0.15) is 6.33 Å². The number of benzene rings is 1. The van der Waals surface area contributed by atoms with E-state index in [0.717, 1.165) is 49.9 Å². The highest BCUT2D eigenvalue weighted by Gasteiger charge is 2.31. The van der Waals surface area contributed by atoms with Crippen molar-refractivity contribution >= 4 is 15.8 Å². The Bertz CT molecular complexity index is 1060. The van der Waals surface area contributed by atoms with E-state index in [-0.39, 0.29) is 6.04 Å². The summed E-state index contributed by atoms with van der Waals surface area (Å²) in [6.45, 7) is 4.13. The van der Waals surface area contributed by atoms with E-state index >= 15 is 0 Å². The van der Waals surface area contributed by atoms with Crippen molar-refractivity contribution in [1.82, 2.24) is 29.2 Å². The number of aryl methyl sites for hydroxylation is 2. The van der Waals surface area contributed by atoms with Crippen LogP contribution in [-0.2, 0) is 16.4 Å². The number of nitrogens with one attached hydrogen (secondary N) is 1. The standard InChI is InChI=1S/C20H26N6O2S/c1-16-4-6-19(7-5-16)29(27,28)26(18-8-10-21-11-9-18)12-2-3-17-13-22-20-23-15-24-25(20)14-17/h4-7,13-15,18,21H,2-3,8-12H2,1H3. The average molecular weight is 415 g/mol. The molecule has 154 valence electrons. The minimum atomic E-state index is -3.54. The molecule has 0 radical (unpaired) electrons. The van der Waals surface area contributed by atoms with Crippen LogP contribution in [-0.4, -0.2) is 58.0 Å². The fraction of sp³-hybridized carbons (Fsp3) is 0.450. The van der Waals surface area contributed by atoms with E-state index < -0.39 is 10.0 Å². The second-order valence-corrected chi connectivity index (χ2v) is 9.37. The lowest BCUT2D eigenvalue weighted by atomic mass is 10.1. The highest BCUT2D eigenvalue weighted by atomic mass is 32.2. The molecule has 0 amide bonds. The van der Waals surface area contributed by atoms with E-state index in [1.807, 2.05) is 25.3 Å². The SMILES string of the molecule is Cc1ccc(S(=O)(=O)N(CCCc2cnc3ncnn3c2)C2CCNCC2)cc1. The molecule has 0 aliphatic carbocycles. The first-order chi connectivity index (χ1) is 14.0. The molecule has 1 N–H and O–H groups in total. The van der Waals surface area contributed by atoms with Gasteiger partial charge in [0, 0.05) is 25.0 Å². The van der Waals surface area contributed by atoms with E-state index in [2.05, 4.69) is 20.4 Å². The lowest BCUT2D eigenvalue weighted by Gasteiger charge is -2.33. The van der Waals surface area contributed by atoms with Gasteiger partial charge in [-0.1, -0.05) is 17.7 Å². The number of hydrogen-bond donors (Lipinski definition) is 1. The Balaban J connectivity index is 1.51. The molecule has 0 saturated carbocycles. The van der Waals surface area contributed by atoms with Gasteiger partial charge in [-0.05, 0) is 63.4 Å². The van der Waals surface area contributed by atoms with Crippen LogP contribution in [0.2, 0.25) is 0 Å². The normalized spacial score (nSPS) is 15.9. The molecule has 0 spiro atoms. The molecule has 4 rings (SSSR count). The predicted molar refractivity (Wildman–Crippen MR) is 110 cm³/mol. The van der Waals surface area contributed by atoms with Crippen molar-refractivity contribution in [2.45, 2.75) is 43.5 Å². The fourth-order valence-corrected chi connectivity index (χ4v) is 5.49. The third kappa shape index (κ3) is 4.47. The highest BCUT2D eigenvalue weighted by Crippen LogP contribution is 2.23. The van der Waals surface area contributed by atoms with Gasteiger partial charge in [0.15, 0.2) is 0 Å². The highest BCUT2D eigenvalue weighted by molar-refractivity contribution is 7.89. The number of fused-ring (bicyclic) bond motifs is 1. The van der Waals surface area contributed by atoms with Crippen molar-refractivity contribution in [2.24, 2.45) is 0 Å². The summed E-state index contributed by atoms with van der Waals surface area (Å²) in [5, 5.41) is 7.43. The monoisotopic (exact) mass is 414 g/mol. The van der Waals surface area contributed by atoms with E-state index in [9.17, 15) is 8.42 Å². The van der Waals surface area contributed by atoms with E-state index in [1.54, 1.807) is 27.2 Å². The third-order valence-electron chi connectivity index (χ3n) is 5.38. The van der Waals surface area contributed by atoms with Crippen molar-refractivity contribution in [2.75, 3.05) is 19.6 Å². The molecule has 3 aromatic rings. The molecule has 3 heterocycles. The lowest BCUT2D eigenvalue weighted by Crippen LogP contribution is -2.46. The van der Waals surface area contributed by atoms with Crippen molar-refractivity contribution < 1.29 is 8.42 Å². The first-order valence-electron chi connectivity index (χ1n) is 9.97. The van der Waals surface area contributed by atoms with E-state index in [0.29, 0.717) is 17.2 Å². The second-order valence-electron chi connectivity index (χ2n) is 7.48. The van der Waals surface area contributed by atoms with Crippen LogP contribution in [0.1, 0.15) is 30.4 Å². The summed E-state index contributed by atoms with van der Waals surface area (Å²) < 4.78 is 30.1. The summed E-state index contributed by atoms with van der Waals surface area (Å²) in [7, 11) is -3.54. The molecule has 0 unspecified atom stereocenters. The van der Waals surface area contributed by atoms with Gasteiger partial charge in [0.25, 0.3) is 5.78 Å². The lowest BCUT2D eigenvalue weighted by molar-refractivity contribution is 0.260. The fourth-order valence-electron chi connectivity index (χ4n) is 3.77. The predicted octanol–water partition coefficient (Wildman–Crippen LogP) is 1.81. The van der Waals surface area contributed by atoms with Crippen LogP contribution < -0.4 is 5.32 Å². The minimum Gasteiger partial charge on any atom is -0.317 e. The van der Waals surface area contributed by atoms with Gasteiger partial charge in [-0.2, -0.15) is 14.4 Å². The molecule has 0 bridgehead atoms. The number of piperidine rings is 1. The quantitative estimate of drug-likeness (QED) is 0.634. The maximum atomic E-state index is 13.4. The zero-order chi connectivity index (χ0) is 20.3. The number of aromatic nitrogens is 4. The van der Waals surface area contributed by atoms with Gasteiger partial charge < -0.3 is 5.32 Å². The summed E-state index contributed by atoms with van der Waals surface area (Å²) in [5.41, 5.74) is 2.06. The molecule has 1 aliphatic heterocycles. The van der Waals surface area contributed by atoms with Crippen molar-refractivity contribution in [3.05, 3.63) is 54.1 Å². The maximum Gasteiger partial charge on any atom is 0.252 e. The molecule has 1 aromatic carbocycles. The Hall–Kier alpha value is -2.36. The first kappa shape index (κ1) is 19.9. The summed E-state index contributed by atoms with van der Waals surface area (Å²) >= 11 is 0. The number of nitrogens with zero attached hydrogens (tertiary/aromatic N) is 5. The van der Waals surface area contributed by atoms with Crippen molar-refractivity contribution in [3.8, 4) is 0 Å². The largest absolute Gasteiger partial charge is 0.317 e. The van der Waals surface area contributed by atoms with Crippen LogP contribution in [0.25, 0.3) is 5.78 Å². The first-order valence-corrected chi connectivity index (χ1v) is 11.4. The van der Waals surface area contributed by atoms with Crippen LogP contribution in [0.4, 0.5) is 0 Å². The Morgan fingerprint density at radius 1 is 1.17 bits per heavy atom. The smallest absolute Gasteiger partial charge is 0.252 e. The van der Waals surface area contributed by atoms with Gasteiger partial charge in [-0.15, -0.1) is 0 Å². The zero-order valence-corrected chi connectivity index (χ0v) is 17.3. The molecular weight excluding hydrogens is 388 g/mol. The van der Waals surface area contributed by atoms with Crippen molar-refractivity contribution in [3.63, 3.8) is 0 Å². The van der Waals surface area contributed by atoms with E-state index in [4.69, 9.17) is 0 Å². The van der Waals surface area contributed by atoms with Gasteiger partial charge in [-0.3, -0.25) is 0 Å². The maximum absolute atomic E-state index is 13.4. The van der Waals surface area contributed by atoms with Crippen LogP contribution in [0, 0.1) is 6.92 Å². The summed E-state index contributed by atoms with van der Waals surface area (Å²) in [4.78, 5) is 8.70. The summed E-state index contributed by atoms with van der Waals surface area (Å²) in [5.74, 6) is 0.562. The molecule has 1 aliphatic rings. The summed E-state index contributed by atoms with van der Waals surface area (Å²) in [6, 6.07) is 7.15. The Kier molecular flexibility index (Phi) is 5.89. The van der Waals surface area contributed by atoms with Gasteiger partial charge in [-0.25, -0.2) is 17.9 Å². The van der Waals surface area contributed by atoms with Gasteiger partial charge in [0.05, 0.1) is 4.90 Å². The van der Waals surface area contributed by atoms with Crippen LogP contribution in [0.15, 0.2) is 47.9 Å². The molecular formula is C20H26N6O2S. The van der Waals surface area contributed by atoms with Gasteiger partial charge >= 0.3 is 0 Å². The Morgan fingerprint density at radius 3 is 2.69 bits per heavy atom. The molecule has 0 atom stereocenters. The number of hydrogen-bond acceptors (Lipinski definition) is 6. The molecule has 1 fully saturated rings. The zero-order valence-electron chi connectivity index (χ0n) is 16.5. The molecule has 29 heavy (non-hydrogen) atoms. The van der Waals surface area contributed by atoms with E-state index in [1.165, 1.54) is 6.33 Å². The van der Waals surface area contributed by atoms with Gasteiger partial charge in [0.2, 0.25) is 10.0 Å². The molecule has 9 heteroatoms. The average Bonchev–Trinajstić information content (AvgIpc) is 3.20. The van der Waals surface area contributed by atoms with Crippen LogP contribution in [0.3, 0.4) is 0 Å². The Morgan fingerprint density at radius 2 is 1.93 bits per heavy atom. The van der Waals surface area contributed by atoms with Crippen molar-refractivity contribution in [1.29, 1.82) is 0 Å². The minimum absolute atomic E-state index is 0.0264. The number of sulfonamides is 1. The summed E-state index contributed by atoms with van der Waals surface area (Å²) in [6.07, 6.45) is 8.27. The molecule has 1 saturated heterocycles. The topological polar surface area (TPSA) is 92.5 Å². The van der Waals surface area contributed by atoms with Crippen LogP contribution in [0.5, 0.6) is 0 Å². The molecule has 2 aromatic heterocycles. The Labute approximate surface area is 171 Å². The number of rotatable bonds is 7. The van der Waals surface area contributed by atoms with Crippen LogP contribution >= 0.6 is 0 Å².